The van der Waals surface area contributed by atoms with Gasteiger partial charge in [0.1, 0.15) is 18.3 Å². The molecule has 0 fully saturated rings. The van der Waals surface area contributed by atoms with Crippen molar-refractivity contribution >= 4 is 27.5 Å². The van der Waals surface area contributed by atoms with E-state index in [2.05, 4.69) is 5.32 Å². The summed E-state index contributed by atoms with van der Waals surface area (Å²) >= 11 is 0. The molecule has 1 unspecified atom stereocenters. The van der Waals surface area contributed by atoms with Gasteiger partial charge in [-0.25, -0.2) is 8.42 Å². The van der Waals surface area contributed by atoms with Crippen LogP contribution in [-0.2, 0) is 26.2 Å². The molecule has 226 valence electrons. The molecule has 0 saturated heterocycles. The van der Waals surface area contributed by atoms with Crippen molar-refractivity contribution in [3.05, 3.63) is 78.4 Å². The second-order valence-electron chi connectivity index (χ2n) is 9.82. The van der Waals surface area contributed by atoms with Crippen molar-refractivity contribution in [2.24, 2.45) is 0 Å². The number of nitrogens with zero attached hydrogens (tertiary/aromatic N) is 2. The average molecular weight is 598 g/mol. The van der Waals surface area contributed by atoms with Crippen molar-refractivity contribution in [2.75, 3.05) is 32.2 Å². The quantitative estimate of drug-likeness (QED) is 0.296. The summed E-state index contributed by atoms with van der Waals surface area (Å²) < 4.78 is 45.1. The van der Waals surface area contributed by atoms with Crippen LogP contribution in [0.15, 0.2) is 77.7 Å². The van der Waals surface area contributed by atoms with Crippen molar-refractivity contribution in [3.63, 3.8) is 0 Å². The van der Waals surface area contributed by atoms with E-state index in [9.17, 15) is 18.0 Å². The Kier molecular flexibility index (Phi) is 11.2. The van der Waals surface area contributed by atoms with Gasteiger partial charge in [-0.1, -0.05) is 37.3 Å². The molecule has 0 aliphatic carbocycles. The predicted octanol–water partition coefficient (Wildman–Crippen LogP) is 4.24. The maximum Gasteiger partial charge on any atom is 0.264 e. The van der Waals surface area contributed by atoms with Gasteiger partial charge in [-0.05, 0) is 62.2 Å². The van der Waals surface area contributed by atoms with E-state index in [-0.39, 0.29) is 29.1 Å². The Morgan fingerprint density at radius 3 is 2.14 bits per heavy atom. The van der Waals surface area contributed by atoms with Crippen LogP contribution in [0, 0.1) is 0 Å². The number of benzene rings is 3. The molecule has 3 aromatic rings. The van der Waals surface area contributed by atoms with Crippen LogP contribution >= 0.6 is 0 Å². The lowest BCUT2D eigenvalue weighted by molar-refractivity contribution is -0.140. The van der Waals surface area contributed by atoms with Crippen molar-refractivity contribution in [1.82, 2.24) is 10.2 Å². The highest BCUT2D eigenvalue weighted by molar-refractivity contribution is 7.92. The summed E-state index contributed by atoms with van der Waals surface area (Å²) in [5.41, 5.74) is 1.02. The second-order valence-corrected chi connectivity index (χ2v) is 11.7. The van der Waals surface area contributed by atoms with Gasteiger partial charge in [-0.3, -0.25) is 13.9 Å². The zero-order valence-corrected chi connectivity index (χ0v) is 25.7. The molecule has 0 aliphatic rings. The van der Waals surface area contributed by atoms with Crippen LogP contribution in [-0.4, -0.2) is 65.1 Å². The van der Waals surface area contributed by atoms with Crippen LogP contribution in [0.2, 0.25) is 0 Å². The van der Waals surface area contributed by atoms with Gasteiger partial charge in [-0.15, -0.1) is 0 Å². The van der Waals surface area contributed by atoms with Crippen LogP contribution < -0.4 is 23.8 Å². The van der Waals surface area contributed by atoms with Crippen molar-refractivity contribution in [1.29, 1.82) is 0 Å². The fourth-order valence-electron chi connectivity index (χ4n) is 4.49. The number of rotatable bonds is 14. The SMILES string of the molecule is CCC(C(=O)NC(C)C)N(Cc1cccc(OC)c1)C(=O)CN(c1ccccc1)S(=O)(=O)c1ccc(OC)c(OC)c1. The minimum absolute atomic E-state index is 0.0685. The monoisotopic (exact) mass is 597 g/mol. The molecular formula is C31H39N3O7S. The first-order valence-corrected chi connectivity index (χ1v) is 15.0. The van der Waals surface area contributed by atoms with E-state index in [4.69, 9.17) is 14.2 Å². The van der Waals surface area contributed by atoms with Crippen molar-refractivity contribution < 1.29 is 32.2 Å². The first-order chi connectivity index (χ1) is 20.0. The van der Waals surface area contributed by atoms with Crippen LogP contribution in [0.3, 0.4) is 0 Å². The number of anilines is 1. The Labute approximate surface area is 248 Å². The summed E-state index contributed by atoms with van der Waals surface area (Å²) in [4.78, 5) is 28.7. The van der Waals surface area contributed by atoms with E-state index in [1.54, 1.807) is 55.6 Å². The molecule has 11 heteroatoms. The van der Waals surface area contributed by atoms with E-state index in [0.717, 1.165) is 9.87 Å². The summed E-state index contributed by atoms with van der Waals surface area (Å²) in [6, 6.07) is 18.8. The van der Waals surface area contributed by atoms with Crippen LogP contribution in [0.5, 0.6) is 17.2 Å². The first kappa shape index (κ1) is 32.3. The summed E-state index contributed by atoms with van der Waals surface area (Å²) in [6.07, 6.45) is 0.321. The molecule has 0 radical (unpaired) electrons. The molecule has 0 aromatic heterocycles. The third-order valence-corrected chi connectivity index (χ3v) is 8.34. The van der Waals surface area contributed by atoms with Crippen LogP contribution in [0.1, 0.15) is 32.8 Å². The Hall–Kier alpha value is -4.25. The maximum atomic E-state index is 14.1. The molecule has 1 atom stereocenters. The standard InChI is InChI=1S/C31H39N3O7S/c1-7-27(31(36)32-22(2)3)33(20-23-12-11-15-25(18-23)39-4)30(35)21-34(24-13-9-8-10-14-24)42(37,38)26-16-17-28(40-5)29(19-26)41-6/h8-19,22,27H,7,20-21H2,1-6H3,(H,32,36). The zero-order valence-electron chi connectivity index (χ0n) is 24.9. The molecule has 3 aromatic carbocycles. The Balaban J connectivity index is 2.08. The smallest absolute Gasteiger partial charge is 0.264 e. The summed E-state index contributed by atoms with van der Waals surface area (Å²) in [6.45, 7) is 5.01. The van der Waals surface area contributed by atoms with Gasteiger partial charge in [0.25, 0.3) is 10.0 Å². The predicted molar refractivity (Wildman–Crippen MR) is 161 cm³/mol. The number of methoxy groups -OCH3 is 3. The minimum atomic E-state index is -4.27. The zero-order chi connectivity index (χ0) is 30.9. The van der Waals surface area contributed by atoms with Crippen LogP contribution in [0.4, 0.5) is 5.69 Å². The van der Waals surface area contributed by atoms with Crippen molar-refractivity contribution in [3.8, 4) is 17.2 Å². The van der Waals surface area contributed by atoms with E-state index in [1.807, 2.05) is 26.8 Å². The van der Waals surface area contributed by atoms with Gasteiger partial charge >= 0.3 is 0 Å². The number of ether oxygens (including phenoxy) is 3. The highest BCUT2D eigenvalue weighted by Crippen LogP contribution is 2.32. The Bertz CT molecular complexity index is 1460. The van der Waals surface area contributed by atoms with Gasteiger partial charge in [0.05, 0.1) is 31.9 Å². The molecular weight excluding hydrogens is 558 g/mol. The van der Waals surface area contributed by atoms with Crippen LogP contribution in [0.25, 0.3) is 0 Å². The number of para-hydroxylation sites is 1. The number of hydrogen-bond donors (Lipinski definition) is 1. The van der Waals surface area contributed by atoms with Gasteiger partial charge in [-0.2, -0.15) is 0 Å². The molecule has 0 saturated carbocycles. The molecule has 10 nitrogen and oxygen atoms in total. The summed E-state index contributed by atoms with van der Waals surface area (Å²) in [5.74, 6) is 0.329. The Morgan fingerprint density at radius 2 is 1.55 bits per heavy atom. The summed E-state index contributed by atoms with van der Waals surface area (Å²) in [7, 11) is 0.148. The Morgan fingerprint density at radius 1 is 0.857 bits per heavy atom. The molecule has 2 amide bonds. The van der Waals surface area contributed by atoms with E-state index in [1.165, 1.54) is 37.3 Å². The highest BCUT2D eigenvalue weighted by atomic mass is 32.2. The number of carbonyl (C=O) groups is 2. The number of amides is 2. The van der Waals surface area contributed by atoms with E-state index in [0.29, 0.717) is 23.6 Å². The maximum absolute atomic E-state index is 14.1. The van der Waals surface area contributed by atoms with E-state index < -0.39 is 28.5 Å². The number of carbonyl (C=O) groups excluding carboxylic acids is 2. The number of hydrogen-bond acceptors (Lipinski definition) is 7. The normalized spacial score (nSPS) is 11.9. The number of nitrogens with one attached hydrogen (secondary N) is 1. The minimum Gasteiger partial charge on any atom is -0.497 e. The highest BCUT2D eigenvalue weighted by Gasteiger charge is 2.34. The first-order valence-electron chi connectivity index (χ1n) is 13.6. The van der Waals surface area contributed by atoms with Gasteiger partial charge in [0, 0.05) is 18.7 Å². The second kappa shape index (κ2) is 14.6. The molecule has 0 spiro atoms. The third-order valence-electron chi connectivity index (χ3n) is 6.57. The molecule has 0 aliphatic heterocycles. The lowest BCUT2D eigenvalue weighted by atomic mass is 10.1. The van der Waals surface area contributed by atoms with Gasteiger partial charge < -0.3 is 24.4 Å². The lowest BCUT2D eigenvalue weighted by Gasteiger charge is -2.33. The van der Waals surface area contributed by atoms with Crippen molar-refractivity contribution in [2.45, 2.75) is 50.7 Å². The summed E-state index contributed by atoms with van der Waals surface area (Å²) in [5, 5.41) is 2.89. The van der Waals surface area contributed by atoms with Gasteiger partial charge in [0.2, 0.25) is 11.8 Å². The van der Waals surface area contributed by atoms with E-state index >= 15 is 0 Å². The third kappa shape index (κ3) is 7.73. The molecule has 42 heavy (non-hydrogen) atoms. The fourth-order valence-corrected chi connectivity index (χ4v) is 5.93. The number of sulfonamides is 1. The molecule has 1 N–H and O–H groups in total. The largest absolute Gasteiger partial charge is 0.497 e. The molecule has 0 heterocycles. The molecule has 0 bridgehead atoms. The topological polar surface area (TPSA) is 114 Å². The molecule has 3 rings (SSSR count). The lowest BCUT2D eigenvalue weighted by Crippen LogP contribution is -2.53. The fraction of sp³-hybridized carbons (Fsp3) is 0.355. The average Bonchev–Trinajstić information content (AvgIpc) is 2.99. The van der Waals surface area contributed by atoms with Gasteiger partial charge in [0.15, 0.2) is 11.5 Å².